The molecule has 0 radical (unpaired) electrons. The van der Waals surface area contributed by atoms with Gasteiger partial charge in [-0.1, -0.05) is 45.4 Å². The molecule has 0 aliphatic heterocycles. The molecule has 0 aromatic heterocycles. The van der Waals surface area contributed by atoms with E-state index in [0.717, 1.165) is 11.8 Å². The van der Waals surface area contributed by atoms with Crippen LogP contribution in [0.1, 0.15) is 46.5 Å². The van der Waals surface area contributed by atoms with Gasteiger partial charge in [-0.15, -0.1) is 11.8 Å². The Morgan fingerprint density at radius 2 is 1.90 bits per heavy atom. The summed E-state index contributed by atoms with van der Waals surface area (Å²) in [6, 6.07) is 11.5. The molecule has 1 aliphatic carbocycles. The fraction of sp³-hybridized carbons (Fsp3) is 0.684. The summed E-state index contributed by atoms with van der Waals surface area (Å²) in [7, 11) is 2.14. The maximum Gasteiger partial charge on any atom is 0.00999 e. The molecule has 0 spiro atoms. The van der Waals surface area contributed by atoms with Crippen LogP contribution in [0.2, 0.25) is 0 Å². The van der Waals surface area contributed by atoms with Gasteiger partial charge in [0, 0.05) is 10.9 Å². The van der Waals surface area contributed by atoms with Crippen LogP contribution in [0.5, 0.6) is 0 Å². The number of thioether (sulfide) groups is 1. The van der Waals surface area contributed by atoms with E-state index in [1.165, 1.54) is 36.3 Å². The van der Waals surface area contributed by atoms with Crippen molar-refractivity contribution in [1.82, 2.24) is 5.32 Å². The molecule has 3 unspecified atom stereocenters. The summed E-state index contributed by atoms with van der Waals surface area (Å²) in [5, 5.41) is 3.59. The molecule has 21 heavy (non-hydrogen) atoms. The van der Waals surface area contributed by atoms with Gasteiger partial charge in [0.05, 0.1) is 0 Å². The summed E-state index contributed by atoms with van der Waals surface area (Å²) in [6.07, 6.45) is 5.42. The highest BCUT2D eigenvalue weighted by atomic mass is 32.2. The molecule has 0 saturated heterocycles. The average Bonchev–Trinajstić information content (AvgIpc) is 2.47. The van der Waals surface area contributed by atoms with Gasteiger partial charge in [-0.05, 0) is 61.4 Å². The topological polar surface area (TPSA) is 12.0 Å². The molecule has 3 atom stereocenters. The molecular formula is C19H31NS. The third-order valence-corrected chi connectivity index (χ3v) is 6.26. The van der Waals surface area contributed by atoms with Crippen molar-refractivity contribution in [3.63, 3.8) is 0 Å². The van der Waals surface area contributed by atoms with Gasteiger partial charge in [0.1, 0.15) is 0 Å². The summed E-state index contributed by atoms with van der Waals surface area (Å²) >= 11 is 2.00. The number of nitrogens with one attached hydrogen (secondary N) is 1. The van der Waals surface area contributed by atoms with E-state index in [1.54, 1.807) is 0 Å². The lowest BCUT2D eigenvalue weighted by atomic mass is 9.65. The maximum atomic E-state index is 3.59. The zero-order chi connectivity index (χ0) is 15.3. The number of hydrogen-bond donors (Lipinski definition) is 1. The average molecular weight is 306 g/mol. The monoisotopic (exact) mass is 305 g/mol. The first kappa shape index (κ1) is 16.9. The minimum Gasteiger partial charge on any atom is -0.317 e. The molecule has 1 aromatic rings. The van der Waals surface area contributed by atoms with Crippen molar-refractivity contribution < 1.29 is 0 Å². The Bertz CT molecular complexity index is 415. The van der Waals surface area contributed by atoms with E-state index in [-0.39, 0.29) is 0 Å². The highest BCUT2D eigenvalue weighted by Gasteiger charge is 2.37. The van der Waals surface area contributed by atoms with Crippen LogP contribution in [0.4, 0.5) is 0 Å². The van der Waals surface area contributed by atoms with Gasteiger partial charge in [-0.25, -0.2) is 0 Å². The van der Waals surface area contributed by atoms with Crippen LogP contribution in [0.3, 0.4) is 0 Å². The van der Waals surface area contributed by atoms with Crippen LogP contribution in [-0.2, 0) is 0 Å². The second-order valence-electron chi connectivity index (χ2n) is 7.32. The molecule has 0 bridgehead atoms. The van der Waals surface area contributed by atoms with Gasteiger partial charge >= 0.3 is 0 Å². The third-order valence-electron chi connectivity index (χ3n) is 5.25. The van der Waals surface area contributed by atoms with Crippen molar-refractivity contribution in [2.75, 3.05) is 12.8 Å². The molecular weight excluding hydrogens is 274 g/mol. The Kier molecular flexibility index (Phi) is 6.19. The zero-order valence-corrected chi connectivity index (χ0v) is 14.9. The summed E-state index contributed by atoms with van der Waals surface area (Å²) < 4.78 is 0. The Morgan fingerprint density at radius 3 is 2.57 bits per heavy atom. The predicted octanol–water partition coefficient (Wildman–Crippen LogP) is 5.22. The molecule has 0 heterocycles. The van der Waals surface area contributed by atoms with E-state index in [0.29, 0.717) is 11.5 Å². The summed E-state index contributed by atoms with van der Waals surface area (Å²) in [6.45, 7) is 7.35. The van der Waals surface area contributed by atoms with Crippen LogP contribution in [0.15, 0.2) is 35.2 Å². The lowest BCUT2D eigenvalue weighted by Crippen LogP contribution is -2.45. The van der Waals surface area contributed by atoms with E-state index >= 15 is 0 Å². The summed E-state index contributed by atoms with van der Waals surface area (Å²) in [5.41, 5.74) is 0.426. The smallest absolute Gasteiger partial charge is 0.00999 e. The highest BCUT2D eigenvalue weighted by molar-refractivity contribution is 7.99. The van der Waals surface area contributed by atoms with E-state index in [2.05, 4.69) is 63.5 Å². The lowest BCUT2D eigenvalue weighted by Gasteiger charge is -2.44. The minimum absolute atomic E-state index is 0.426. The van der Waals surface area contributed by atoms with E-state index in [1.807, 2.05) is 11.8 Å². The normalized spacial score (nSPS) is 26.8. The molecule has 1 aliphatic rings. The Hall–Kier alpha value is -0.470. The van der Waals surface area contributed by atoms with Gasteiger partial charge in [0.15, 0.2) is 0 Å². The van der Waals surface area contributed by atoms with Gasteiger partial charge in [0.25, 0.3) is 0 Å². The number of benzene rings is 1. The SMILES string of the molecule is CNC1CC(C)CCC1C(C)(C)CCSc1ccccc1. The Labute approximate surface area is 135 Å². The third kappa shape index (κ3) is 4.75. The first-order valence-electron chi connectivity index (χ1n) is 8.38. The van der Waals surface area contributed by atoms with Crippen LogP contribution in [0, 0.1) is 17.3 Å². The lowest BCUT2D eigenvalue weighted by molar-refractivity contribution is 0.0956. The first-order valence-corrected chi connectivity index (χ1v) is 9.36. The molecule has 1 nitrogen and oxygen atoms in total. The van der Waals surface area contributed by atoms with Crippen LogP contribution in [-0.4, -0.2) is 18.8 Å². The fourth-order valence-electron chi connectivity index (χ4n) is 3.77. The summed E-state index contributed by atoms with van der Waals surface area (Å²) in [4.78, 5) is 1.40. The molecule has 2 heteroatoms. The summed E-state index contributed by atoms with van der Waals surface area (Å²) in [5.74, 6) is 2.92. The van der Waals surface area contributed by atoms with Crippen LogP contribution >= 0.6 is 11.8 Å². The predicted molar refractivity (Wildman–Crippen MR) is 94.9 cm³/mol. The molecule has 0 amide bonds. The van der Waals surface area contributed by atoms with Crippen LogP contribution < -0.4 is 5.32 Å². The number of rotatable bonds is 6. The van der Waals surface area contributed by atoms with Gasteiger partial charge in [-0.2, -0.15) is 0 Å². The zero-order valence-electron chi connectivity index (χ0n) is 14.1. The fourth-order valence-corrected chi connectivity index (χ4v) is 4.98. The van der Waals surface area contributed by atoms with Crippen molar-refractivity contribution >= 4 is 11.8 Å². The van der Waals surface area contributed by atoms with E-state index in [9.17, 15) is 0 Å². The van der Waals surface area contributed by atoms with Gasteiger partial charge in [0.2, 0.25) is 0 Å². The van der Waals surface area contributed by atoms with Gasteiger partial charge in [-0.3, -0.25) is 0 Å². The van der Waals surface area contributed by atoms with E-state index < -0.39 is 0 Å². The Balaban J connectivity index is 1.88. The molecule has 1 N–H and O–H groups in total. The van der Waals surface area contributed by atoms with E-state index in [4.69, 9.17) is 0 Å². The minimum atomic E-state index is 0.426. The van der Waals surface area contributed by atoms with Crippen molar-refractivity contribution in [3.8, 4) is 0 Å². The Morgan fingerprint density at radius 1 is 1.19 bits per heavy atom. The molecule has 1 saturated carbocycles. The molecule has 2 rings (SSSR count). The van der Waals surface area contributed by atoms with Crippen molar-refractivity contribution in [2.45, 2.75) is 57.4 Å². The second-order valence-corrected chi connectivity index (χ2v) is 8.49. The maximum absolute atomic E-state index is 3.59. The molecule has 118 valence electrons. The van der Waals surface area contributed by atoms with Crippen molar-refractivity contribution in [1.29, 1.82) is 0 Å². The largest absolute Gasteiger partial charge is 0.317 e. The quantitative estimate of drug-likeness (QED) is 0.723. The van der Waals surface area contributed by atoms with Gasteiger partial charge < -0.3 is 5.32 Å². The molecule has 1 fully saturated rings. The standard InChI is InChI=1S/C19H31NS/c1-15-10-11-17(18(14-15)20-4)19(2,3)12-13-21-16-8-6-5-7-9-16/h5-9,15,17-18,20H,10-14H2,1-4H3. The van der Waals surface area contributed by atoms with Crippen LogP contribution in [0.25, 0.3) is 0 Å². The molecule has 1 aromatic carbocycles. The number of hydrogen-bond acceptors (Lipinski definition) is 2. The second kappa shape index (κ2) is 7.69. The first-order chi connectivity index (χ1) is 10.0. The van der Waals surface area contributed by atoms with Crippen molar-refractivity contribution in [3.05, 3.63) is 30.3 Å². The van der Waals surface area contributed by atoms with Crippen molar-refractivity contribution in [2.24, 2.45) is 17.3 Å². The highest BCUT2D eigenvalue weighted by Crippen LogP contribution is 2.43.